The van der Waals surface area contributed by atoms with Crippen molar-refractivity contribution in [3.8, 4) is 0 Å². The van der Waals surface area contributed by atoms with E-state index in [0.29, 0.717) is 6.54 Å². The minimum atomic E-state index is 0. The quantitative estimate of drug-likeness (QED) is 0.876. The van der Waals surface area contributed by atoms with Gasteiger partial charge in [0.1, 0.15) is 11.6 Å². The highest BCUT2D eigenvalue weighted by molar-refractivity contribution is 5.85. The van der Waals surface area contributed by atoms with Crippen LogP contribution in [0, 0.1) is 6.92 Å². The number of aryl methyl sites for hydroxylation is 2. The summed E-state index contributed by atoms with van der Waals surface area (Å²) in [4.78, 5) is 0. The lowest BCUT2D eigenvalue weighted by Gasteiger charge is -2.03. The lowest BCUT2D eigenvalue weighted by molar-refractivity contribution is 0.517. The Morgan fingerprint density at radius 3 is 2.87 bits per heavy atom. The summed E-state index contributed by atoms with van der Waals surface area (Å²) in [6.07, 6.45) is 1.67. The number of halogens is 1. The molecular formula is C10H14ClN3O. The van der Waals surface area contributed by atoms with Crippen molar-refractivity contribution in [2.75, 3.05) is 5.32 Å². The van der Waals surface area contributed by atoms with E-state index in [1.165, 1.54) is 0 Å². The van der Waals surface area contributed by atoms with E-state index in [-0.39, 0.29) is 12.4 Å². The highest BCUT2D eigenvalue weighted by Crippen LogP contribution is 2.10. The number of anilines is 1. The highest BCUT2D eigenvalue weighted by atomic mass is 35.5. The van der Waals surface area contributed by atoms with Crippen molar-refractivity contribution in [1.29, 1.82) is 0 Å². The molecule has 2 aromatic heterocycles. The first-order valence-electron chi connectivity index (χ1n) is 4.52. The molecule has 0 aliphatic rings. The number of furan rings is 1. The second-order valence-electron chi connectivity index (χ2n) is 3.23. The average Bonchev–Trinajstić information content (AvgIpc) is 2.72. The molecule has 0 aliphatic heterocycles. The zero-order valence-corrected chi connectivity index (χ0v) is 9.54. The summed E-state index contributed by atoms with van der Waals surface area (Å²) in [5.41, 5.74) is 1.01. The number of nitrogens with zero attached hydrogens (tertiary/aromatic N) is 2. The zero-order chi connectivity index (χ0) is 9.97. The van der Waals surface area contributed by atoms with Crippen molar-refractivity contribution in [2.24, 2.45) is 7.05 Å². The first kappa shape index (κ1) is 11.7. The smallest absolute Gasteiger partial charge is 0.124 e. The maximum atomic E-state index is 5.21. The van der Waals surface area contributed by atoms with Crippen LogP contribution >= 0.6 is 12.4 Å². The van der Waals surface area contributed by atoms with E-state index in [0.717, 1.165) is 17.3 Å². The van der Waals surface area contributed by atoms with Gasteiger partial charge in [0.15, 0.2) is 0 Å². The van der Waals surface area contributed by atoms with Crippen LogP contribution in [-0.4, -0.2) is 9.78 Å². The van der Waals surface area contributed by atoms with Crippen molar-refractivity contribution in [3.05, 3.63) is 35.9 Å². The molecule has 0 bridgehead atoms. The zero-order valence-electron chi connectivity index (χ0n) is 8.73. The molecule has 2 rings (SSSR count). The van der Waals surface area contributed by atoms with Gasteiger partial charge in [-0.2, -0.15) is 5.10 Å². The highest BCUT2D eigenvalue weighted by Gasteiger charge is 2.01. The van der Waals surface area contributed by atoms with Crippen LogP contribution in [-0.2, 0) is 13.6 Å². The molecule has 0 aliphatic carbocycles. The van der Waals surface area contributed by atoms with Crippen molar-refractivity contribution < 1.29 is 4.42 Å². The molecule has 82 valence electrons. The van der Waals surface area contributed by atoms with Crippen LogP contribution in [0.5, 0.6) is 0 Å². The third-order valence-electron chi connectivity index (χ3n) is 2.03. The Kier molecular flexibility index (Phi) is 3.80. The topological polar surface area (TPSA) is 43.0 Å². The van der Waals surface area contributed by atoms with Gasteiger partial charge in [0, 0.05) is 13.1 Å². The van der Waals surface area contributed by atoms with Crippen LogP contribution in [0.1, 0.15) is 11.5 Å². The largest absolute Gasteiger partial charge is 0.467 e. The lowest BCUT2D eigenvalue weighted by Crippen LogP contribution is -2.03. The third-order valence-corrected chi connectivity index (χ3v) is 2.03. The number of nitrogens with one attached hydrogen (secondary N) is 1. The Morgan fingerprint density at radius 1 is 1.53 bits per heavy atom. The molecule has 0 atom stereocenters. The Morgan fingerprint density at radius 2 is 2.33 bits per heavy atom. The Balaban J connectivity index is 0.00000112. The molecule has 2 aromatic rings. The van der Waals surface area contributed by atoms with E-state index >= 15 is 0 Å². The van der Waals surface area contributed by atoms with E-state index in [2.05, 4.69) is 10.4 Å². The van der Waals surface area contributed by atoms with E-state index < -0.39 is 0 Å². The number of hydrogen-bond donors (Lipinski definition) is 1. The summed E-state index contributed by atoms with van der Waals surface area (Å²) in [7, 11) is 1.91. The van der Waals surface area contributed by atoms with Crippen molar-refractivity contribution in [2.45, 2.75) is 13.5 Å². The molecule has 0 saturated heterocycles. The molecule has 0 spiro atoms. The van der Waals surface area contributed by atoms with Crippen LogP contribution in [0.2, 0.25) is 0 Å². The van der Waals surface area contributed by atoms with Gasteiger partial charge in [-0.1, -0.05) is 0 Å². The number of rotatable bonds is 3. The predicted octanol–water partition coefficient (Wildman–Crippen LogP) is 2.36. The molecule has 4 nitrogen and oxygen atoms in total. The SMILES string of the molecule is Cc1cc(NCc2ccco2)n(C)n1.Cl. The standard InChI is InChI=1S/C10H13N3O.ClH/c1-8-6-10(13(2)12-8)11-7-9-4-3-5-14-9;/h3-6,11H,7H2,1-2H3;1H. The van der Waals surface area contributed by atoms with Gasteiger partial charge in [0.05, 0.1) is 18.5 Å². The van der Waals surface area contributed by atoms with Gasteiger partial charge >= 0.3 is 0 Å². The lowest BCUT2D eigenvalue weighted by atomic mass is 10.4. The average molecular weight is 228 g/mol. The molecule has 0 aromatic carbocycles. The van der Waals surface area contributed by atoms with E-state index in [1.807, 2.05) is 36.9 Å². The Hall–Kier alpha value is -1.42. The summed E-state index contributed by atoms with van der Waals surface area (Å²) in [6, 6.07) is 5.82. The predicted molar refractivity (Wildman–Crippen MR) is 61.2 cm³/mol. The van der Waals surface area contributed by atoms with Gasteiger partial charge in [-0.25, -0.2) is 0 Å². The fourth-order valence-corrected chi connectivity index (χ4v) is 1.37. The van der Waals surface area contributed by atoms with Crippen LogP contribution in [0.15, 0.2) is 28.9 Å². The Labute approximate surface area is 94.7 Å². The molecule has 5 heteroatoms. The van der Waals surface area contributed by atoms with E-state index in [4.69, 9.17) is 4.42 Å². The molecule has 0 radical (unpaired) electrons. The molecule has 15 heavy (non-hydrogen) atoms. The Bertz CT molecular complexity index is 408. The van der Waals surface area contributed by atoms with Crippen LogP contribution in [0.4, 0.5) is 5.82 Å². The van der Waals surface area contributed by atoms with Gasteiger partial charge in [-0.3, -0.25) is 4.68 Å². The monoisotopic (exact) mass is 227 g/mol. The van der Waals surface area contributed by atoms with Crippen LogP contribution in [0.25, 0.3) is 0 Å². The molecule has 0 fully saturated rings. The molecule has 0 saturated carbocycles. The minimum Gasteiger partial charge on any atom is -0.467 e. The number of hydrogen-bond acceptors (Lipinski definition) is 3. The molecule has 2 heterocycles. The van der Waals surface area contributed by atoms with Crippen molar-refractivity contribution in [3.63, 3.8) is 0 Å². The van der Waals surface area contributed by atoms with Gasteiger partial charge in [-0.15, -0.1) is 12.4 Å². The summed E-state index contributed by atoms with van der Waals surface area (Å²) in [5.74, 6) is 1.92. The fourth-order valence-electron chi connectivity index (χ4n) is 1.37. The maximum Gasteiger partial charge on any atom is 0.124 e. The molecular weight excluding hydrogens is 214 g/mol. The van der Waals surface area contributed by atoms with Crippen molar-refractivity contribution >= 4 is 18.2 Å². The van der Waals surface area contributed by atoms with E-state index in [1.54, 1.807) is 6.26 Å². The molecule has 1 N–H and O–H groups in total. The van der Waals surface area contributed by atoms with Crippen LogP contribution in [0.3, 0.4) is 0 Å². The van der Waals surface area contributed by atoms with Crippen molar-refractivity contribution in [1.82, 2.24) is 9.78 Å². The first-order chi connectivity index (χ1) is 6.75. The van der Waals surface area contributed by atoms with Gasteiger partial charge in [0.25, 0.3) is 0 Å². The summed E-state index contributed by atoms with van der Waals surface area (Å²) >= 11 is 0. The van der Waals surface area contributed by atoms with Crippen LogP contribution < -0.4 is 5.32 Å². The van der Waals surface area contributed by atoms with Gasteiger partial charge in [0.2, 0.25) is 0 Å². The minimum absolute atomic E-state index is 0. The second kappa shape index (κ2) is 4.89. The van der Waals surface area contributed by atoms with Gasteiger partial charge < -0.3 is 9.73 Å². The fraction of sp³-hybridized carbons (Fsp3) is 0.300. The third kappa shape index (κ3) is 2.76. The summed E-state index contributed by atoms with van der Waals surface area (Å²) in [5, 5.41) is 7.48. The normalized spacial score (nSPS) is 9.73. The first-order valence-corrected chi connectivity index (χ1v) is 4.52. The summed E-state index contributed by atoms with van der Waals surface area (Å²) in [6.45, 7) is 2.66. The van der Waals surface area contributed by atoms with E-state index in [9.17, 15) is 0 Å². The number of aromatic nitrogens is 2. The molecule has 0 amide bonds. The second-order valence-corrected chi connectivity index (χ2v) is 3.23. The summed E-state index contributed by atoms with van der Waals surface area (Å²) < 4.78 is 7.03. The maximum absolute atomic E-state index is 5.21. The van der Waals surface area contributed by atoms with Gasteiger partial charge in [-0.05, 0) is 19.1 Å². The molecule has 0 unspecified atom stereocenters.